The molecule has 1 aliphatic carbocycles. The van der Waals surface area contributed by atoms with Crippen molar-refractivity contribution >= 4 is 28.4 Å². The van der Waals surface area contributed by atoms with Gasteiger partial charge in [0.25, 0.3) is 5.91 Å². The molecule has 0 unspecified atom stereocenters. The number of hydrogen-bond donors (Lipinski definition) is 1. The summed E-state index contributed by atoms with van der Waals surface area (Å²) in [6, 6.07) is 2.35. The second-order valence-electron chi connectivity index (χ2n) is 7.47. The number of carbonyl (C=O) groups excluding carboxylic acids is 1. The van der Waals surface area contributed by atoms with Crippen LogP contribution in [-0.2, 0) is 27.4 Å². The molecule has 0 spiro atoms. The number of nitrogens with zero attached hydrogens (tertiary/aromatic N) is 3. The quantitative estimate of drug-likeness (QED) is 0.681. The van der Waals surface area contributed by atoms with Crippen molar-refractivity contribution in [2.75, 3.05) is 33.4 Å². The number of carbonyl (C=O) groups is 1. The number of methoxy groups -OCH3 is 1. The lowest BCUT2D eigenvalue weighted by atomic mass is 10.2. The molecule has 28 heavy (non-hydrogen) atoms. The maximum absolute atomic E-state index is 13.0. The van der Waals surface area contributed by atoms with E-state index in [0.717, 1.165) is 48.9 Å². The summed E-state index contributed by atoms with van der Waals surface area (Å²) < 4.78 is 13.0. The van der Waals surface area contributed by atoms with Crippen molar-refractivity contribution in [2.45, 2.75) is 44.5 Å². The Morgan fingerprint density at radius 3 is 3.07 bits per heavy atom. The number of pyridine rings is 1. The minimum atomic E-state index is -0.398. The van der Waals surface area contributed by atoms with Crippen LogP contribution in [-0.4, -0.2) is 65.9 Å². The summed E-state index contributed by atoms with van der Waals surface area (Å²) in [5, 5.41) is 4.87. The van der Waals surface area contributed by atoms with E-state index in [0.29, 0.717) is 37.4 Å². The van der Waals surface area contributed by atoms with E-state index >= 15 is 0 Å². The summed E-state index contributed by atoms with van der Waals surface area (Å²) in [5.41, 5.74) is 1.92. The third kappa shape index (κ3) is 4.33. The first kappa shape index (κ1) is 19.6. The van der Waals surface area contributed by atoms with Crippen LogP contribution in [0, 0.1) is 0 Å². The van der Waals surface area contributed by atoms with Gasteiger partial charge in [-0.05, 0) is 25.3 Å². The van der Waals surface area contributed by atoms with Gasteiger partial charge in [0.05, 0.1) is 29.4 Å². The van der Waals surface area contributed by atoms with Gasteiger partial charge in [-0.3, -0.25) is 9.78 Å². The van der Waals surface area contributed by atoms with Crippen LogP contribution >= 0.6 is 11.6 Å². The highest BCUT2D eigenvalue weighted by Gasteiger charge is 2.37. The zero-order chi connectivity index (χ0) is 19.5. The summed E-state index contributed by atoms with van der Waals surface area (Å²) in [4.78, 5) is 19.5. The van der Waals surface area contributed by atoms with Crippen molar-refractivity contribution in [3.8, 4) is 0 Å². The average Bonchev–Trinajstić information content (AvgIpc) is 3.52. The van der Waals surface area contributed by atoms with Gasteiger partial charge in [0.2, 0.25) is 0 Å². The predicted molar refractivity (Wildman–Crippen MR) is 107 cm³/mol. The van der Waals surface area contributed by atoms with Gasteiger partial charge in [-0.25, -0.2) is 0 Å². The lowest BCUT2D eigenvalue weighted by Gasteiger charge is -2.29. The normalized spacial score (nSPS) is 19.9. The minimum absolute atomic E-state index is 0.0603. The molecule has 8 heteroatoms. The van der Waals surface area contributed by atoms with Gasteiger partial charge in [0.15, 0.2) is 0 Å². The largest absolute Gasteiger partial charge is 0.385 e. The molecule has 3 heterocycles. The maximum atomic E-state index is 13.0. The van der Waals surface area contributed by atoms with Crippen LogP contribution in [0.5, 0.6) is 0 Å². The average molecular weight is 407 g/mol. The molecule has 7 nitrogen and oxygen atoms in total. The zero-order valence-corrected chi connectivity index (χ0v) is 17.0. The van der Waals surface area contributed by atoms with E-state index in [-0.39, 0.29) is 5.91 Å². The van der Waals surface area contributed by atoms with Crippen LogP contribution in [0.25, 0.3) is 10.9 Å². The maximum Gasteiger partial charge on any atom is 0.253 e. The van der Waals surface area contributed by atoms with Gasteiger partial charge in [0.1, 0.15) is 6.10 Å². The fourth-order valence-corrected chi connectivity index (χ4v) is 3.95. The summed E-state index contributed by atoms with van der Waals surface area (Å²) in [6.45, 7) is 3.98. The number of hydrogen-bond acceptors (Lipinski definition) is 5. The highest BCUT2D eigenvalue weighted by atomic mass is 35.5. The number of fused-ring (bicyclic) bond motifs is 1. The van der Waals surface area contributed by atoms with Crippen molar-refractivity contribution in [3.63, 3.8) is 0 Å². The smallest absolute Gasteiger partial charge is 0.253 e. The van der Waals surface area contributed by atoms with Crippen LogP contribution in [0.15, 0.2) is 18.5 Å². The van der Waals surface area contributed by atoms with Crippen LogP contribution in [0.3, 0.4) is 0 Å². The Bertz CT molecular complexity index is 830. The molecular weight excluding hydrogens is 380 g/mol. The molecular formula is C20H27ClN4O3. The van der Waals surface area contributed by atoms with Gasteiger partial charge >= 0.3 is 0 Å². The molecule has 1 aliphatic heterocycles. The molecule has 2 fully saturated rings. The number of ether oxygens (including phenoxy) is 2. The van der Waals surface area contributed by atoms with Crippen molar-refractivity contribution < 1.29 is 14.3 Å². The Morgan fingerprint density at radius 1 is 1.50 bits per heavy atom. The first-order chi connectivity index (χ1) is 13.7. The van der Waals surface area contributed by atoms with Crippen molar-refractivity contribution in [1.82, 2.24) is 19.8 Å². The Labute approximate surface area is 169 Å². The first-order valence-corrected chi connectivity index (χ1v) is 10.3. The minimum Gasteiger partial charge on any atom is -0.385 e. The van der Waals surface area contributed by atoms with E-state index in [4.69, 9.17) is 21.1 Å². The number of halogens is 1. The van der Waals surface area contributed by atoms with E-state index in [1.54, 1.807) is 7.11 Å². The second kappa shape index (κ2) is 8.78. The number of aromatic nitrogens is 2. The molecule has 0 radical (unpaired) electrons. The third-order valence-corrected chi connectivity index (χ3v) is 5.63. The monoisotopic (exact) mass is 406 g/mol. The Hall–Kier alpha value is -1.67. The molecule has 1 atom stereocenters. The van der Waals surface area contributed by atoms with Gasteiger partial charge < -0.3 is 24.3 Å². The fourth-order valence-electron chi connectivity index (χ4n) is 3.69. The van der Waals surface area contributed by atoms with Gasteiger partial charge in [-0.15, -0.1) is 0 Å². The summed E-state index contributed by atoms with van der Waals surface area (Å²) >= 11 is 6.38. The lowest BCUT2D eigenvalue weighted by molar-refractivity contribution is -0.146. The van der Waals surface area contributed by atoms with Crippen LogP contribution < -0.4 is 5.32 Å². The third-order valence-electron chi connectivity index (χ3n) is 5.33. The van der Waals surface area contributed by atoms with E-state index in [1.165, 1.54) is 0 Å². The Kier molecular flexibility index (Phi) is 6.16. The van der Waals surface area contributed by atoms with Crippen molar-refractivity contribution in [3.05, 3.63) is 29.2 Å². The second-order valence-corrected chi connectivity index (χ2v) is 7.88. The molecule has 152 valence electrons. The van der Waals surface area contributed by atoms with Crippen LogP contribution in [0.4, 0.5) is 0 Å². The van der Waals surface area contributed by atoms with Gasteiger partial charge in [0, 0.05) is 57.2 Å². The van der Waals surface area contributed by atoms with E-state index in [2.05, 4.69) is 20.9 Å². The van der Waals surface area contributed by atoms with Crippen LogP contribution in [0.2, 0.25) is 5.02 Å². The van der Waals surface area contributed by atoms with Crippen molar-refractivity contribution in [1.29, 1.82) is 0 Å². The Morgan fingerprint density at radius 2 is 2.36 bits per heavy atom. The Balaban J connectivity index is 1.53. The molecule has 4 rings (SSSR count). The molecule has 0 bridgehead atoms. The molecule has 1 saturated heterocycles. The number of aryl methyl sites for hydroxylation is 1. The molecule has 1 amide bonds. The molecule has 0 aromatic carbocycles. The summed E-state index contributed by atoms with van der Waals surface area (Å²) in [7, 11) is 1.71. The summed E-state index contributed by atoms with van der Waals surface area (Å²) in [5.74, 6) is 0.0603. The molecule has 2 aromatic heterocycles. The van der Waals surface area contributed by atoms with Crippen LogP contribution in [0.1, 0.15) is 25.0 Å². The highest BCUT2D eigenvalue weighted by molar-refractivity contribution is 6.35. The number of rotatable bonds is 8. The fraction of sp³-hybridized carbons (Fsp3) is 0.600. The van der Waals surface area contributed by atoms with E-state index in [9.17, 15) is 4.79 Å². The lowest BCUT2D eigenvalue weighted by Crippen LogP contribution is -2.49. The molecule has 1 saturated carbocycles. The zero-order valence-electron chi connectivity index (χ0n) is 16.2. The number of amides is 1. The van der Waals surface area contributed by atoms with Gasteiger partial charge in [-0.1, -0.05) is 11.6 Å². The number of nitrogens with one attached hydrogen (secondary N) is 1. The molecule has 2 aliphatic rings. The standard InChI is InChI=1S/C20H27ClN4O3/c1-27-7-2-6-24-13-17(21)16-10-23-14(9-18(16)24)12-25(15-3-4-15)20(26)19-11-22-5-8-28-19/h9-10,13,15,19,22H,2-8,11-12H2,1H3/t19-/m1/s1. The first-order valence-electron chi connectivity index (χ1n) is 9.92. The van der Waals surface area contributed by atoms with Crippen molar-refractivity contribution in [2.24, 2.45) is 0 Å². The van der Waals surface area contributed by atoms with E-state index in [1.807, 2.05) is 17.3 Å². The van der Waals surface area contributed by atoms with E-state index < -0.39 is 6.10 Å². The highest BCUT2D eigenvalue weighted by Crippen LogP contribution is 2.31. The molecule has 1 N–H and O–H groups in total. The summed E-state index contributed by atoms with van der Waals surface area (Å²) in [6.07, 6.45) is 6.37. The SMILES string of the molecule is COCCCn1cc(Cl)c2cnc(CN(C(=O)[C@H]3CNCCO3)C3CC3)cc21. The molecule has 2 aromatic rings. The predicted octanol–water partition coefficient (Wildman–Crippen LogP) is 2.21. The number of morpholine rings is 1. The van der Waals surface area contributed by atoms with Gasteiger partial charge in [-0.2, -0.15) is 0 Å². The topological polar surface area (TPSA) is 68.6 Å².